The van der Waals surface area contributed by atoms with Crippen molar-refractivity contribution < 1.29 is 28.7 Å². The minimum absolute atomic E-state index is 0.206. The Bertz CT molecular complexity index is 1390. The molecule has 1 aliphatic heterocycles. The van der Waals surface area contributed by atoms with Gasteiger partial charge in [0, 0.05) is 7.11 Å². The van der Waals surface area contributed by atoms with E-state index >= 15 is 0 Å². The fourth-order valence-electron chi connectivity index (χ4n) is 3.73. The highest BCUT2D eigenvalue weighted by molar-refractivity contribution is 8.18. The van der Waals surface area contributed by atoms with Gasteiger partial charge in [0.25, 0.3) is 11.6 Å². The molecular weight excluding hydrogens is 522 g/mol. The fraction of sp³-hybridized carbons (Fsp3) is 0.214. The normalized spacial score (nSPS) is 15.2. The Morgan fingerprint density at radius 2 is 1.74 bits per heavy atom. The lowest BCUT2D eigenvalue weighted by Crippen LogP contribution is -2.32. The van der Waals surface area contributed by atoms with Crippen LogP contribution in [0.5, 0.6) is 17.2 Å². The highest BCUT2D eigenvalue weighted by atomic mass is 32.2. The number of amides is 1. The highest BCUT2D eigenvalue weighted by Gasteiger charge is 2.34. The zero-order chi connectivity index (χ0) is 27.8. The van der Waals surface area contributed by atoms with Gasteiger partial charge in [-0.15, -0.1) is 0 Å². The van der Waals surface area contributed by atoms with Gasteiger partial charge in [-0.1, -0.05) is 30.3 Å². The van der Waals surface area contributed by atoms with E-state index in [9.17, 15) is 14.9 Å². The van der Waals surface area contributed by atoms with Crippen LogP contribution < -0.4 is 14.2 Å². The molecule has 1 saturated heterocycles. The highest BCUT2D eigenvalue weighted by Crippen LogP contribution is 2.40. The van der Waals surface area contributed by atoms with E-state index in [4.69, 9.17) is 18.9 Å². The average Bonchev–Trinajstić information content (AvgIpc) is 3.24. The molecule has 202 valence electrons. The number of carbonyl (C=O) groups is 1. The third-order valence-electron chi connectivity index (χ3n) is 5.74. The van der Waals surface area contributed by atoms with Crippen LogP contribution >= 0.6 is 11.8 Å². The molecule has 0 unspecified atom stereocenters. The second kappa shape index (κ2) is 12.9. The zero-order valence-electron chi connectivity index (χ0n) is 21.7. The first-order chi connectivity index (χ1) is 18.9. The predicted molar refractivity (Wildman–Crippen MR) is 150 cm³/mol. The minimum atomic E-state index is -0.514. The molecule has 1 aliphatic rings. The molecule has 1 fully saturated rings. The molecule has 3 aromatic carbocycles. The molecule has 1 amide bonds. The molecule has 0 aromatic heterocycles. The smallest absolute Gasteiger partial charge is 0.280 e. The van der Waals surface area contributed by atoms with Crippen molar-refractivity contribution in [1.82, 2.24) is 4.90 Å². The molecular formula is C28H27N3O7S. The van der Waals surface area contributed by atoms with Gasteiger partial charge in [0.1, 0.15) is 12.4 Å². The van der Waals surface area contributed by atoms with Crippen molar-refractivity contribution in [2.45, 2.75) is 6.61 Å². The number of amidine groups is 1. The van der Waals surface area contributed by atoms with Crippen LogP contribution in [0.4, 0.5) is 11.4 Å². The van der Waals surface area contributed by atoms with Crippen molar-refractivity contribution in [2.24, 2.45) is 4.99 Å². The Morgan fingerprint density at radius 1 is 1.00 bits per heavy atom. The van der Waals surface area contributed by atoms with Crippen LogP contribution in [0.1, 0.15) is 11.1 Å². The van der Waals surface area contributed by atoms with E-state index < -0.39 is 4.92 Å². The number of nitro benzene ring substituents is 1. The number of hydrogen-bond acceptors (Lipinski definition) is 9. The van der Waals surface area contributed by atoms with Crippen molar-refractivity contribution in [3.05, 3.63) is 92.9 Å². The number of benzene rings is 3. The van der Waals surface area contributed by atoms with Crippen molar-refractivity contribution in [3.8, 4) is 17.2 Å². The SMILES string of the molecule is COCCN1C(=O)/C(=C/c2cc(OC)c(OCc3ccccc3)cc2[N+](=O)[O-])SC1=Nc1ccc(OC)cc1. The quantitative estimate of drug-likeness (QED) is 0.177. The topological polar surface area (TPSA) is 113 Å². The standard InChI is InChI=1S/C28H27N3O7S/c1-35-14-13-30-27(32)26(39-28(30)29-21-9-11-22(36-2)12-10-21)16-20-15-24(37-3)25(17-23(20)31(33)34)38-18-19-7-5-4-6-8-19/h4-12,15-17H,13-14,18H2,1-3H3/b26-16-,29-28?. The third kappa shape index (κ3) is 6.75. The second-order valence-electron chi connectivity index (χ2n) is 8.25. The molecule has 0 aliphatic carbocycles. The van der Waals surface area contributed by atoms with Gasteiger partial charge >= 0.3 is 0 Å². The summed E-state index contributed by atoms with van der Waals surface area (Å²) in [4.78, 5) is 31.2. The van der Waals surface area contributed by atoms with Crippen LogP contribution in [-0.2, 0) is 16.1 Å². The average molecular weight is 550 g/mol. The lowest BCUT2D eigenvalue weighted by atomic mass is 10.1. The molecule has 39 heavy (non-hydrogen) atoms. The van der Waals surface area contributed by atoms with Gasteiger partial charge in [-0.2, -0.15) is 0 Å². The summed E-state index contributed by atoms with van der Waals surface area (Å²) in [7, 11) is 4.57. The Labute approximate surface area is 230 Å². The van der Waals surface area contributed by atoms with Crippen molar-refractivity contribution in [3.63, 3.8) is 0 Å². The maximum atomic E-state index is 13.3. The zero-order valence-corrected chi connectivity index (χ0v) is 22.5. The lowest BCUT2D eigenvalue weighted by molar-refractivity contribution is -0.385. The van der Waals surface area contributed by atoms with Crippen LogP contribution in [0, 0.1) is 10.1 Å². The van der Waals surface area contributed by atoms with E-state index in [1.165, 1.54) is 30.2 Å². The van der Waals surface area contributed by atoms with Crippen LogP contribution in [0.2, 0.25) is 0 Å². The molecule has 0 saturated carbocycles. The summed E-state index contributed by atoms with van der Waals surface area (Å²) >= 11 is 1.13. The van der Waals surface area contributed by atoms with E-state index in [2.05, 4.69) is 4.99 Å². The molecule has 0 radical (unpaired) electrons. The van der Waals surface area contributed by atoms with Crippen LogP contribution in [0.25, 0.3) is 6.08 Å². The first kappa shape index (κ1) is 27.7. The minimum Gasteiger partial charge on any atom is -0.497 e. The summed E-state index contributed by atoms with van der Waals surface area (Å²) in [5, 5.41) is 12.4. The maximum absolute atomic E-state index is 13.3. The number of methoxy groups -OCH3 is 3. The van der Waals surface area contributed by atoms with Gasteiger partial charge in [0.15, 0.2) is 16.7 Å². The number of rotatable bonds is 11. The molecule has 11 heteroatoms. The van der Waals surface area contributed by atoms with Crippen molar-refractivity contribution >= 4 is 40.3 Å². The summed E-state index contributed by atoms with van der Waals surface area (Å²) < 4.78 is 21.7. The molecule has 0 N–H and O–H groups in total. The Morgan fingerprint density at radius 3 is 2.38 bits per heavy atom. The van der Waals surface area contributed by atoms with Crippen LogP contribution in [0.15, 0.2) is 76.6 Å². The second-order valence-corrected chi connectivity index (χ2v) is 9.26. The molecule has 1 heterocycles. The monoisotopic (exact) mass is 549 g/mol. The Kier molecular flexibility index (Phi) is 9.18. The van der Waals surface area contributed by atoms with Crippen LogP contribution in [0.3, 0.4) is 0 Å². The predicted octanol–water partition coefficient (Wildman–Crippen LogP) is 5.44. The van der Waals surface area contributed by atoms with Gasteiger partial charge in [0.2, 0.25) is 0 Å². The number of aliphatic imine (C=N–C) groups is 1. The number of thioether (sulfide) groups is 1. The first-order valence-electron chi connectivity index (χ1n) is 11.9. The van der Waals surface area contributed by atoms with Gasteiger partial charge < -0.3 is 18.9 Å². The van der Waals surface area contributed by atoms with Crippen molar-refractivity contribution in [1.29, 1.82) is 0 Å². The number of nitro groups is 1. The largest absolute Gasteiger partial charge is 0.497 e. The summed E-state index contributed by atoms with van der Waals surface area (Å²) in [6.07, 6.45) is 1.48. The number of nitrogens with zero attached hydrogens (tertiary/aromatic N) is 3. The summed E-state index contributed by atoms with van der Waals surface area (Å²) in [6.45, 7) is 0.776. The summed E-state index contributed by atoms with van der Waals surface area (Å²) in [5.41, 5.74) is 1.52. The van der Waals surface area contributed by atoms with E-state index in [1.807, 2.05) is 30.3 Å². The number of hydrogen-bond donors (Lipinski definition) is 0. The molecule has 0 spiro atoms. The molecule has 0 atom stereocenters. The Balaban J connectivity index is 1.67. The van der Waals surface area contributed by atoms with Gasteiger partial charge in [-0.05, 0) is 53.7 Å². The summed E-state index contributed by atoms with van der Waals surface area (Å²) in [6, 6.07) is 19.3. The lowest BCUT2D eigenvalue weighted by Gasteiger charge is -2.14. The van der Waals surface area contributed by atoms with Gasteiger partial charge in [-0.3, -0.25) is 19.8 Å². The van der Waals surface area contributed by atoms with E-state index in [1.54, 1.807) is 38.5 Å². The van der Waals surface area contributed by atoms with E-state index in [0.717, 1.165) is 17.3 Å². The van der Waals surface area contributed by atoms with E-state index in [-0.39, 0.29) is 41.0 Å². The first-order valence-corrected chi connectivity index (χ1v) is 12.7. The van der Waals surface area contributed by atoms with Gasteiger partial charge in [0.05, 0.1) is 54.5 Å². The van der Waals surface area contributed by atoms with Crippen molar-refractivity contribution in [2.75, 3.05) is 34.5 Å². The fourth-order valence-corrected chi connectivity index (χ4v) is 4.74. The van der Waals surface area contributed by atoms with Crippen LogP contribution in [-0.4, -0.2) is 55.4 Å². The summed E-state index contributed by atoms with van der Waals surface area (Å²) in [5.74, 6) is 0.886. The van der Waals surface area contributed by atoms with Gasteiger partial charge in [-0.25, -0.2) is 4.99 Å². The number of ether oxygens (including phenoxy) is 4. The number of carbonyl (C=O) groups excluding carboxylic acids is 1. The third-order valence-corrected chi connectivity index (χ3v) is 6.74. The molecule has 3 aromatic rings. The Hall–Kier alpha value is -4.35. The molecule has 0 bridgehead atoms. The maximum Gasteiger partial charge on any atom is 0.280 e. The molecule has 4 rings (SSSR count). The molecule has 10 nitrogen and oxygen atoms in total. The van der Waals surface area contributed by atoms with E-state index in [0.29, 0.717) is 29.0 Å².